The van der Waals surface area contributed by atoms with Crippen molar-refractivity contribution in [3.63, 3.8) is 0 Å². The SMILES string of the molecule is CC(=NNC(=O)c1ccc(C(=O)O)c([NH2+][O-])c1)c1csc(-c2ccc(C(C)(C)C)cc2)c1O. The van der Waals surface area contributed by atoms with E-state index >= 15 is 0 Å². The third-order valence-electron chi connectivity index (χ3n) is 5.16. The first-order chi connectivity index (χ1) is 15.5. The Kier molecular flexibility index (Phi) is 6.97. The zero-order valence-corrected chi connectivity index (χ0v) is 19.5. The number of rotatable bonds is 6. The summed E-state index contributed by atoms with van der Waals surface area (Å²) in [5, 5.41) is 36.8. The molecule has 0 saturated heterocycles. The molecule has 172 valence electrons. The monoisotopic (exact) mass is 467 g/mol. The molecular weight excluding hydrogens is 442 g/mol. The average molecular weight is 468 g/mol. The van der Waals surface area contributed by atoms with Gasteiger partial charge in [0.1, 0.15) is 17.0 Å². The molecule has 0 spiro atoms. The fraction of sp³-hybridized carbons (Fsp3) is 0.208. The molecule has 1 aromatic heterocycles. The highest BCUT2D eigenvalue weighted by molar-refractivity contribution is 7.14. The van der Waals surface area contributed by atoms with Crippen LogP contribution in [0.25, 0.3) is 10.4 Å². The summed E-state index contributed by atoms with van der Waals surface area (Å²) in [6.45, 7) is 8.06. The lowest BCUT2D eigenvalue weighted by molar-refractivity contribution is -0.497. The molecule has 1 amide bonds. The van der Waals surface area contributed by atoms with Gasteiger partial charge in [0.2, 0.25) is 0 Å². The fourth-order valence-corrected chi connectivity index (χ4v) is 4.20. The first kappa shape index (κ1) is 24.1. The van der Waals surface area contributed by atoms with Crippen LogP contribution in [-0.4, -0.2) is 27.8 Å². The van der Waals surface area contributed by atoms with Crippen molar-refractivity contribution in [2.45, 2.75) is 33.1 Å². The van der Waals surface area contributed by atoms with Crippen molar-refractivity contribution >= 4 is 34.6 Å². The number of carboxylic acid groups (broad SMARTS) is 1. The molecule has 5 N–H and O–H groups in total. The van der Waals surface area contributed by atoms with Gasteiger partial charge in [0.15, 0.2) is 0 Å². The molecule has 0 saturated carbocycles. The Morgan fingerprint density at radius 2 is 1.76 bits per heavy atom. The summed E-state index contributed by atoms with van der Waals surface area (Å²) in [6, 6.07) is 11.7. The van der Waals surface area contributed by atoms with E-state index in [0.29, 0.717) is 21.6 Å². The van der Waals surface area contributed by atoms with E-state index in [0.717, 1.165) is 5.56 Å². The highest BCUT2D eigenvalue weighted by Gasteiger charge is 2.18. The number of carbonyl (C=O) groups is 2. The van der Waals surface area contributed by atoms with Gasteiger partial charge in [0, 0.05) is 17.0 Å². The number of hydrazone groups is 1. The van der Waals surface area contributed by atoms with Crippen molar-refractivity contribution in [1.82, 2.24) is 5.43 Å². The van der Waals surface area contributed by atoms with E-state index in [1.54, 1.807) is 12.3 Å². The minimum Gasteiger partial charge on any atom is -0.630 e. The topological polar surface area (TPSA) is 139 Å². The second kappa shape index (κ2) is 9.53. The van der Waals surface area contributed by atoms with E-state index in [1.807, 2.05) is 24.3 Å². The largest absolute Gasteiger partial charge is 0.630 e. The molecule has 1 heterocycles. The van der Waals surface area contributed by atoms with Gasteiger partial charge in [0.25, 0.3) is 5.91 Å². The van der Waals surface area contributed by atoms with Gasteiger partial charge >= 0.3 is 5.97 Å². The molecule has 33 heavy (non-hydrogen) atoms. The highest BCUT2D eigenvalue weighted by Crippen LogP contribution is 2.39. The summed E-state index contributed by atoms with van der Waals surface area (Å²) >= 11 is 1.37. The van der Waals surface area contributed by atoms with Crippen LogP contribution in [0, 0.1) is 5.21 Å². The maximum absolute atomic E-state index is 12.4. The number of carboxylic acids is 1. The van der Waals surface area contributed by atoms with Crippen molar-refractivity contribution in [1.29, 1.82) is 0 Å². The van der Waals surface area contributed by atoms with Gasteiger partial charge in [-0.3, -0.25) is 4.79 Å². The lowest BCUT2D eigenvalue weighted by atomic mass is 9.86. The maximum Gasteiger partial charge on any atom is 0.341 e. The molecule has 3 aromatic rings. The Morgan fingerprint density at radius 3 is 2.33 bits per heavy atom. The van der Waals surface area contributed by atoms with Gasteiger partial charge in [0.05, 0.1) is 16.2 Å². The molecule has 3 rings (SSSR count). The van der Waals surface area contributed by atoms with Gasteiger partial charge in [-0.15, -0.1) is 11.3 Å². The third kappa shape index (κ3) is 5.28. The Labute approximate surface area is 195 Å². The summed E-state index contributed by atoms with van der Waals surface area (Å²) in [6.07, 6.45) is 0. The van der Waals surface area contributed by atoms with Gasteiger partial charge in [-0.2, -0.15) is 5.10 Å². The molecule has 8 nitrogen and oxygen atoms in total. The molecule has 0 radical (unpaired) electrons. The molecule has 0 aliphatic rings. The average Bonchev–Trinajstić information content (AvgIpc) is 3.17. The smallest absolute Gasteiger partial charge is 0.341 e. The molecule has 0 fully saturated rings. The number of carbonyl (C=O) groups excluding carboxylic acids is 1. The van der Waals surface area contributed by atoms with E-state index in [9.17, 15) is 19.9 Å². The molecule has 0 atom stereocenters. The predicted octanol–water partition coefficient (Wildman–Crippen LogP) is 3.96. The molecule has 0 aliphatic carbocycles. The number of aromatic hydroxyl groups is 1. The number of quaternary nitrogens is 1. The second-order valence-electron chi connectivity index (χ2n) is 8.52. The van der Waals surface area contributed by atoms with Gasteiger partial charge in [-0.1, -0.05) is 45.0 Å². The predicted molar refractivity (Wildman–Crippen MR) is 128 cm³/mol. The number of benzene rings is 2. The number of aromatic carboxylic acids is 1. The van der Waals surface area contributed by atoms with Crippen molar-refractivity contribution in [2.24, 2.45) is 5.10 Å². The van der Waals surface area contributed by atoms with Gasteiger partial charge in [-0.25, -0.2) is 10.2 Å². The van der Waals surface area contributed by atoms with Crippen LogP contribution in [0.15, 0.2) is 52.9 Å². The lowest BCUT2D eigenvalue weighted by Gasteiger charge is -2.19. The molecule has 0 aliphatic heterocycles. The lowest BCUT2D eigenvalue weighted by Crippen LogP contribution is -2.70. The van der Waals surface area contributed by atoms with E-state index in [4.69, 9.17) is 5.11 Å². The van der Waals surface area contributed by atoms with Crippen molar-refractivity contribution < 1.29 is 25.3 Å². The fourth-order valence-electron chi connectivity index (χ4n) is 3.19. The van der Waals surface area contributed by atoms with Gasteiger partial charge < -0.3 is 20.9 Å². The van der Waals surface area contributed by atoms with Crippen LogP contribution in [0.3, 0.4) is 0 Å². The number of nitrogens with two attached hydrogens (primary N) is 1. The standard InChI is InChI=1S/C24H25N3O5S/c1-13(25-26-22(29)15-7-10-17(23(30)31)19(11-15)27-32)18-12-33-21(20(18)28)14-5-8-16(9-6-14)24(2,3)4/h5-12,28H,27H2,1-4H3,(H,26,29)(H,30,31). The van der Waals surface area contributed by atoms with E-state index < -0.39 is 11.9 Å². The first-order valence-corrected chi connectivity index (χ1v) is 11.0. The van der Waals surface area contributed by atoms with Crippen molar-refractivity contribution in [2.75, 3.05) is 0 Å². The maximum atomic E-state index is 12.4. The number of hydrogen-bond acceptors (Lipinski definition) is 6. The van der Waals surface area contributed by atoms with Crippen LogP contribution < -0.4 is 10.9 Å². The quantitative estimate of drug-likeness (QED) is 0.247. The summed E-state index contributed by atoms with van der Waals surface area (Å²) in [4.78, 5) is 24.2. The van der Waals surface area contributed by atoms with Crippen molar-refractivity contribution in [3.05, 3.63) is 75.3 Å². The van der Waals surface area contributed by atoms with E-state index in [-0.39, 0.29) is 28.0 Å². The summed E-state index contributed by atoms with van der Waals surface area (Å²) in [5.74, 6) is -1.79. The van der Waals surface area contributed by atoms with Crippen LogP contribution in [0.1, 0.15) is 59.5 Å². The van der Waals surface area contributed by atoms with E-state index in [1.165, 1.54) is 35.1 Å². The normalized spacial score (nSPS) is 12.0. The van der Waals surface area contributed by atoms with Crippen molar-refractivity contribution in [3.8, 4) is 16.2 Å². The van der Waals surface area contributed by atoms with Crippen LogP contribution in [0.5, 0.6) is 5.75 Å². The van der Waals surface area contributed by atoms with E-state index in [2.05, 4.69) is 31.3 Å². The van der Waals surface area contributed by atoms with Crippen LogP contribution in [0.2, 0.25) is 0 Å². The Bertz CT molecular complexity index is 1220. The number of thiophene rings is 1. The van der Waals surface area contributed by atoms with Crippen LogP contribution >= 0.6 is 11.3 Å². The second-order valence-corrected chi connectivity index (χ2v) is 9.40. The molecule has 0 unspecified atom stereocenters. The molecule has 2 aromatic carbocycles. The van der Waals surface area contributed by atoms with Crippen LogP contribution in [-0.2, 0) is 5.41 Å². The summed E-state index contributed by atoms with van der Waals surface area (Å²) < 4.78 is 0. The zero-order valence-electron chi connectivity index (χ0n) is 18.7. The number of nitrogens with zero attached hydrogens (tertiary/aromatic N) is 1. The minimum absolute atomic E-state index is 0.0308. The highest BCUT2D eigenvalue weighted by atomic mass is 32.1. The number of hydrogen-bond donors (Lipinski definition) is 4. The number of nitrogens with one attached hydrogen (secondary N) is 1. The van der Waals surface area contributed by atoms with Gasteiger partial charge in [-0.05, 0) is 35.6 Å². The number of amides is 1. The molecular formula is C24H25N3O5S. The first-order valence-electron chi connectivity index (χ1n) is 10.1. The Morgan fingerprint density at radius 1 is 1.09 bits per heavy atom. The Hall–Kier alpha value is -3.53. The van der Waals surface area contributed by atoms with Crippen LogP contribution in [0.4, 0.5) is 5.69 Å². The Balaban J connectivity index is 1.79. The summed E-state index contributed by atoms with van der Waals surface area (Å²) in [7, 11) is 0. The molecule has 9 heteroatoms. The molecule has 0 bridgehead atoms. The third-order valence-corrected chi connectivity index (χ3v) is 6.18. The minimum atomic E-state index is -1.25. The zero-order chi connectivity index (χ0) is 24.3. The summed E-state index contributed by atoms with van der Waals surface area (Å²) in [5.41, 5.74) is 5.55.